The summed E-state index contributed by atoms with van der Waals surface area (Å²) < 4.78 is 26.7. The smallest absolute Gasteiger partial charge is 0.246 e. The molecule has 0 amide bonds. The summed E-state index contributed by atoms with van der Waals surface area (Å²) in [6.45, 7) is 2.94. The highest BCUT2D eigenvalue weighted by Crippen LogP contribution is 2.28. The van der Waals surface area contributed by atoms with Crippen LogP contribution in [0.5, 0.6) is 0 Å². The predicted octanol–water partition coefficient (Wildman–Crippen LogP) is 1.42. The average molecular weight is 319 g/mol. The van der Waals surface area contributed by atoms with E-state index in [1.165, 1.54) is 16.6 Å². The Morgan fingerprint density at radius 1 is 1.53 bits per heavy atom. The van der Waals surface area contributed by atoms with Gasteiger partial charge in [0.05, 0.1) is 0 Å². The lowest BCUT2D eigenvalue weighted by Crippen LogP contribution is -2.29. The second kappa shape index (κ2) is 4.55. The molecule has 5 nitrogen and oxygen atoms in total. The molecule has 7 heteroatoms. The normalized spacial score (nSPS) is 18.7. The maximum absolute atomic E-state index is 12.3. The van der Waals surface area contributed by atoms with Crippen LogP contribution in [0.4, 0.5) is 5.82 Å². The minimum absolute atomic E-state index is 0.0396. The number of sulfonamides is 1. The van der Waals surface area contributed by atoms with E-state index in [1.54, 1.807) is 0 Å². The Morgan fingerprint density at radius 2 is 2.24 bits per heavy atom. The van der Waals surface area contributed by atoms with Gasteiger partial charge in [0.15, 0.2) is 0 Å². The number of anilines is 1. The standard InChI is InChI=1S/C10H13BrN3O2S/c1-7-2-3-14(6-7)17(15,16)9-4-8(11)5-13-10(9)12/h4-5H,2-3,6H2,1H3,(H2,12,13). The molecular weight excluding hydrogens is 306 g/mol. The minimum Gasteiger partial charge on any atom is -0.383 e. The zero-order valence-corrected chi connectivity index (χ0v) is 11.8. The molecule has 0 saturated carbocycles. The van der Waals surface area contributed by atoms with E-state index in [4.69, 9.17) is 5.73 Å². The third kappa shape index (κ3) is 2.46. The molecule has 0 unspecified atom stereocenters. The first kappa shape index (κ1) is 12.8. The second-order valence-corrected chi connectivity index (χ2v) is 6.90. The molecule has 1 radical (unpaired) electrons. The maximum atomic E-state index is 12.3. The summed E-state index contributed by atoms with van der Waals surface area (Å²) in [6, 6.07) is 1.49. The van der Waals surface area contributed by atoms with Gasteiger partial charge in [-0.3, -0.25) is 0 Å². The van der Waals surface area contributed by atoms with Crippen molar-refractivity contribution in [3.63, 3.8) is 0 Å². The molecule has 1 saturated heterocycles. The first-order valence-corrected chi connectivity index (χ1v) is 7.37. The summed E-state index contributed by atoms with van der Waals surface area (Å²) in [6.07, 6.45) is 2.29. The topological polar surface area (TPSA) is 76.3 Å². The van der Waals surface area contributed by atoms with Crippen molar-refractivity contribution in [2.24, 2.45) is 0 Å². The van der Waals surface area contributed by atoms with E-state index in [1.807, 2.05) is 6.92 Å². The van der Waals surface area contributed by atoms with Gasteiger partial charge in [-0.05, 0) is 34.3 Å². The molecular formula is C10H13BrN3O2S. The van der Waals surface area contributed by atoms with Crippen LogP contribution in [-0.2, 0) is 10.0 Å². The fourth-order valence-corrected chi connectivity index (χ4v) is 3.83. The van der Waals surface area contributed by atoms with Crippen LogP contribution in [-0.4, -0.2) is 30.8 Å². The third-order valence-electron chi connectivity index (χ3n) is 2.70. The number of nitrogen functional groups attached to an aromatic ring is 1. The second-order valence-electron chi connectivity index (χ2n) is 4.08. The fourth-order valence-electron chi connectivity index (χ4n) is 1.76. The molecule has 1 aromatic heterocycles. The van der Waals surface area contributed by atoms with Crippen LogP contribution in [0, 0.1) is 5.92 Å². The number of nitrogens with two attached hydrogens (primary N) is 1. The number of hydrogen-bond acceptors (Lipinski definition) is 4. The summed E-state index contributed by atoms with van der Waals surface area (Å²) in [5.41, 5.74) is 5.63. The fraction of sp³-hybridized carbons (Fsp3) is 0.400. The Morgan fingerprint density at radius 3 is 2.82 bits per heavy atom. The molecule has 17 heavy (non-hydrogen) atoms. The molecule has 0 aliphatic carbocycles. The first-order chi connectivity index (χ1) is 7.91. The summed E-state index contributed by atoms with van der Waals surface area (Å²) in [5.74, 6) is 1.20. The zero-order valence-electron chi connectivity index (χ0n) is 9.35. The van der Waals surface area contributed by atoms with E-state index in [0.29, 0.717) is 17.6 Å². The number of pyridine rings is 1. The van der Waals surface area contributed by atoms with Gasteiger partial charge >= 0.3 is 0 Å². The summed E-state index contributed by atoms with van der Waals surface area (Å²) in [7, 11) is -3.53. The van der Waals surface area contributed by atoms with Crippen molar-refractivity contribution >= 4 is 31.8 Å². The Kier molecular flexibility index (Phi) is 3.42. The van der Waals surface area contributed by atoms with E-state index in [9.17, 15) is 8.42 Å². The molecule has 2 heterocycles. The highest BCUT2D eigenvalue weighted by atomic mass is 79.9. The Hall–Kier alpha value is -0.660. The Bertz CT molecular complexity index is 532. The molecule has 1 aromatic rings. The zero-order chi connectivity index (χ0) is 12.6. The van der Waals surface area contributed by atoms with Crippen molar-refractivity contribution in [3.05, 3.63) is 22.7 Å². The number of hydrogen-bond donors (Lipinski definition) is 1. The molecule has 1 fully saturated rings. The lowest BCUT2D eigenvalue weighted by molar-refractivity contribution is 0.479. The quantitative estimate of drug-likeness (QED) is 0.894. The van der Waals surface area contributed by atoms with Crippen molar-refractivity contribution in [3.8, 4) is 0 Å². The molecule has 1 aliphatic rings. The molecule has 0 atom stereocenters. The van der Waals surface area contributed by atoms with Crippen molar-refractivity contribution in [2.45, 2.75) is 18.2 Å². The summed E-state index contributed by atoms with van der Waals surface area (Å²) >= 11 is 3.20. The maximum Gasteiger partial charge on any atom is 0.246 e. The van der Waals surface area contributed by atoms with E-state index < -0.39 is 10.0 Å². The van der Waals surface area contributed by atoms with Gasteiger partial charge in [0.25, 0.3) is 0 Å². The number of nitrogens with zero attached hydrogens (tertiary/aromatic N) is 2. The van der Waals surface area contributed by atoms with Crippen LogP contribution in [0.2, 0.25) is 0 Å². The highest BCUT2D eigenvalue weighted by Gasteiger charge is 2.32. The largest absolute Gasteiger partial charge is 0.383 e. The molecule has 2 N–H and O–H groups in total. The molecule has 1 aliphatic heterocycles. The molecule has 0 spiro atoms. The van der Waals surface area contributed by atoms with Crippen LogP contribution in [0.1, 0.15) is 13.3 Å². The lowest BCUT2D eigenvalue weighted by atomic mass is 10.2. The van der Waals surface area contributed by atoms with Crippen molar-refractivity contribution in [2.75, 3.05) is 18.8 Å². The Labute approximate surface area is 109 Å². The molecule has 93 valence electrons. The SMILES string of the molecule is C[C]1CCN(S(=O)(=O)c2cc(Br)cnc2N)C1. The Balaban J connectivity index is 2.41. The number of aromatic nitrogens is 1. The van der Waals surface area contributed by atoms with Gasteiger partial charge in [-0.15, -0.1) is 0 Å². The third-order valence-corrected chi connectivity index (χ3v) is 5.01. The van der Waals surface area contributed by atoms with E-state index in [2.05, 4.69) is 20.9 Å². The number of halogens is 1. The van der Waals surface area contributed by atoms with E-state index in [0.717, 1.165) is 12.3 Å². The van der Waals surface area contributed by atoms with Crippen molar-refractivity contribution < 1.29 is 8.42 Å². The minimum atomic E-state index is -3.53. The van der Waals surface area contributed by atoms with Crippen molar-refractivity contribution in [1.82, 2.24) is 9.29 Å². The van der Waals surface area contributed by atoms with Crippen LogP contribution in [0.3, 0.4) is 0 Å². The number of rotatable bonds is 2. The first-order valence-electron chi connectivity index (χ1n) is 5.14. The highest BCUT2D eigenvalue weighted by molar-refractivity contribution is 9.10. The van der Waals surface area contributed by atoms with Crippen LogP contribution < -0.4 is 5.73 Å². The van der Waals surface area contributed by atoms with Gasteiger partial charge in [0.1, 0.15) is 10.7 Å². The lowest BCUT2D eigenvalue weighted by Gasteiger charge is -2.16. The molecule has 2 rings (SSSR count). The van der Waals surface area contributed by atoms with Gasteiger partial charge in [-0.2, -0.15) is 4.31 Å². The van der Waals surface area contributed by atoms with Crippen LogP contribution >= 0.6 is 15.9 Å². The van der Waals surface area contributed by atoms with Gasteiger partial charge in [0.2, 0.25) is 10.0 Å². The molecule has 0 aromatic carbocycles. The van der Waals surface area contributed by atoms with Crippen molar-refractivity contribution in [1.29, 1.82) is 0 Å². The molecule has 0 bridgehead atoms. The van der Waals surface area contributed by atoms with Crippen LogP contribution in [0.15, 0.2) is 21.6 Å². The summed E-state index contributed by atoms with van der Waals surface area (Å²) in [5, 5.41) is 0. The van der Waals surface area contributed by atoms with Gasteiger partial charge in [-0.25, -0.2) is 13.4 Å². The summed E-state index contributed by atoms with van der Waals surface area (Å²) in [4.78, 5) is 3.92. The van der Waals surface area contributed by atoms with Crippen LogP contribution in [0.25, 0.3) is 0 Å². The van der Waals surface area contributed by atoms with Gasteiger partial charge in [-0.1, -0.05) is 6.92 Å². The average Bonchev–Trinajstić information content (AvgIpc) is 2.69. The van der Waals surface area contributed by atoms with E-state index >= 15 is 0 Å². The van der Waals surface area contributed by atoms with Gasteiger partial charge < -0.3 is 5.73 Å². The van der Waals surface area contributed by atoms with E-state index in [-0.39, 0.29) is 10.7 Å². The monoisotopic (exact) mass is 318 g/mol. The predicted molar refractivity (Wildman–Crippen MR) is 68.6 cm³/mol. The van der Waals surface area contributed by atoms with Gasteiger partial charge in [0, 0.05) is 23.8 Å².